The monoisotopic (exact) mass is 555 g/mol. The van der Waals surface area contributed by atoms with Gasteiger partial charge in [-0.25, -0.2) is 18.1 Å². The molecule has 0 saturated carbocycles. The van der Waals surface area contributed by atoms with Crippen molar-refractivity contribution in [3.8, 4) is 22.5 Å². The van der Waals surface area contributed by atoms with E-state index in [-0.39, 0.29) is 4.90 Å². The quantitative estimate of drug-likeness (QED) is 0.180. The van der Waals surface area contributed by atoms with Crippen LogP contribution in [0.15, 0.2) is 99.5 Å². The van der Waals surface area contributed by atoms with Crippen molar-refractivity contribution in [1.82, 2.24) is 14.3 Å². The van der Waals surface area contributed by atoms with Gasteiger partial charge in [-0.1, -0.05) is 95.3 Å². The Bertz CT molecular complexity index is 1320. The van der Waals surface area contributed by atoms with Crippen LogP contribution in [0, 0.1) is 0 Å². The summed E-state index contributed by atoms with van der Waals surface area (Å²) in [4.78, 5) is 5.28. The van der Waals surface area contributed by atoms with Gasteiger partial charge in [-0.2, -0.15) is 0 Å². The minimum atomic E-state index is -3.55. The van der Waals surface area contributed by atoms with Gasteiger partial charge in [0.25, 0.3) is 0 Å². The highest BCUT2D eigenvalue weighted by Crippen LogP contribution is 2.36. The third kappa shape index (κ3) is 5.81. The minimum absolute atomic E-state index is 0.255. The first-order valence-corrected chi connectivity index (χ1v) is 14.3. The fraction of sp³-hybridized carbons (Fsp3) is 0.192. The molecule has 1 heterocycles. The van der Waals surface area contributed by atoms with Crippen LogP contribution in [0.3, 0.4) is 0 Å². The molecule has 0 atom stereocenters. The van der Waals surface area contributed by atoms with Crippen molar-refractivity contribution in [3.63, 3.8) is 0 Å². The van der Waals surface area contributed by atoms with E-state index >= 15 is 0 Å². The molecule has 1 aromatic heterocycles. The second kappa shape index (κ2) is 11.4. The molecule has 0 fully saturated rings. The van der Waals surface area contributed by atoms with Crippen LogP contribution in [-0.2, 0) is 16.6 Å². The highest BCUT2D eigenvalue weighted by atomic mass is 79.9. The van der Waals surface area contributed by atoms with Gasteiger partial charge in [0.1, 0.15) is 0 Å². The molecule has 4 aromatic rings. The lowest BCUT2D eigenvalue weighted by molar-refractivity contribution is 0.584. The SMILES string of the molecule is CCCn1c(SCCNS(=O)(=O)c2ccc(Br)cc2)nc(-c2ccccc2)c1-c1ccccc1. The van der Waals surface area contributed by atoms with E-state index in [4.69, 9.17) is 4.98 Å². The highest BCUT2D eigenvalue weighted by molar-refractivity contribution is 9.10. The molecule has 0 aliphatic heterocycles. The van der Waals surface area contributed by atoms with E-state index in [9.17, 15) is 8.42 Å². The zero-order chi connectivity index (χ0) is 24.0. The summed E-state index contributed by atoms with van der Waals surface area (Å²) in [6.07, 6.45) is 0.966. The molecular weight excluding hydrogens is 530 g/mol. The van der Waals surface area contributed by atoms with Crippen LogP contribution in [0.4, 0.5) is 0 Å². The molecule has 0 amide bonds. The molecule has 0 unspecified atom stereocenters. The summed E-state index contributed by atoms with van der Waals surface area (Å²) in [5, 5.41) is 0.891. The maximum Gasteiger partial charge on any atom is 0.240 e. The first-order chi connectivity index (χ1) is 16.5. The fourth-order valence-corrected chi connectivity index (χ4v) is 5.98. The van der Waals surface area contributed by atoms with Crippen molar-refractivity contribution in [2.75, 3.05) is 12.3 Å². The number of thioether (sulfide) groups is 1. The van der Waals surface area contributed by atoms with E-state index in [1.165, 1.54) is 0 Å². The molecule has 8 heteroatoms. The topological polar surface area (TPSA) is 64.0 Å². The van der Waals surface area contributed by atoms with Gasteiger partial charge in [0.15, 0.2) is 5.16 Å². The number of imidazole rings is 1. The predicted octanol–water partition coefficient (Wildman–Crippen LogP) is 6.46. The number of benzene rings is 3. The minimum Gasteiger partial charge on any atom is -0.318 e. The molecule has 176 valence electrons. The normalized spacial score (nSPS) is 11.6. The summed E-state index contributed by atoms with van der Waals surface area (Å²) < 4.78 is 31.0. The van der Waals surface area contributed by atoms with Crippen LogP contribution in [0.25, 0.3) is 22.5 Å². The van der Waals surface area contributed by atoms with Crippen molar-refractivity contribution in [2.45, 2.75) is 29.9 Å². The Morgan fingerprint density at radius 3 is 2.15 bits per heavy atom. The third-order valence-electron chi connectivity index (χ3n) is 5.22. The molecule has 5 nitrogen and oxygen atoms in total. The van der Waals surface area contributed by atoms with Crippen LogP contribution in [0.5, 0.6) is 0 Å². The zero-order valence-corrected chi connectivity index (χ0v) is 22.0. The Morgan fingerprint density at radius 2 is 1.53 bits per heavy atom. The summed E-state index contributed by atoms with van der Waals surface area (Å²) in [6, 6.07) is 27.1. The largest absolute Gasteiger partial charge is 0.318 e. The highest BCUT2D eigenvalue weighted by Gasteiger charge is 2.20. The van der Waals surface area contributed by atoms with Crippen LogP contribution < -0.4 is 4.72 Å². The second-order valence-corrected chi connectivity index (χ2v) is 11.4. The lowest BCUT2D eigenvalue weighted by Gasteiger charge is -2.12. The van der Waals surface area contributed by atoms with E-state index in [0.29, 0.717) is 12.3 Å². The van der Waals surface area contributed by atoms with Crippen LogP contribution in [0.2, 0.25) is 0 Å². The van der Waals surface area contributed by atoms with Gasteiger partial charge in [0.2, 0.25) is 10.0 Å². The van der Waals surface area contributed by atoms with Gasteiger partial charge in [-0.3, -0.25) is 0 Å². The molecule has 0 aliphatic rings. The number of halogens is 1. The molecular formula is C26H26BrN3O2S2. The summed E-state index contributed by atoms with van der Waals surface area (Å²) in [7, 11) is -3.55. The van der Waals surface area contributed by atoms with E-state index < -0.39 is 10.0 Å². The van der Waals surface area contributed by atoms with Gasteiger partial charge < -0.3 is 4.57 Å². The zero-order valence-electron chi connectivity index (χ0n) is 18.8. The van der Waals surface area contributed by atoms with Gasteiger partial charge in [0, 0.05) is 34.4 Å². The second-order valence-electron chi connectivity index (χ2n) is 7.68. The lowest BCUT2D eigenvalue weighted by Crippen LogP contribution is -2.26. The average Bonchev–Trinajstić information content (AvgIpc) is 3.21. The van der Waals surface area contributed by atoms with Crippen LogP contribution in [0.1, 0.15) is 13.3 Å². The Labute approximate surface area is 213 Å². The van der Waals surface area contributed by atoms with E-state index in [2.05, 4.69) is 56.4 Å². The fourth-order valence-electron chi connectivity index (χ4n) is 3.67. The van der Waals surface area contributed by atoms with Gasteiger partial charge in [-0.05, 0) is 30.7 Å². The van der Waals surface area contributed by atoms with E-state index in [1.807, 2.05) is 36.4 Å². The van der Waals surface area contributed by atoms with Gasteiger partial charge in [-0.15, -0.1) is 0 Å². The van der Waals surface area contributed by atoms with E-state index in [0.717, 1.165) is 45.1 Å². The molecule has 0 saturated heterocycles. The smallest absolute Gasteiger partial charge is 0.240 e. The summed E-state index contributed by atoms with van der Waals surface area (Å²) >= 11 is 4.90. The molecule has 4 rings (SSSR count). The lowest BCUT2D eigenvalue weighted by atomic mass is 10.0. The van der Waals surface area contributed by atoms with Crippen molar-refractivity contribution in [3.05, 3.63) is 89.4 Å². The Balaban J connectivity index is 1.58. The maximum absolute atomic E-state index is 12.6. The molecule has 3 aromatic carbocycles. The first kappa shape index (κ1) is 24.7. The van der Waals surface area contributed by atoms with Gasteiger partial charge in [0.05, 0.1) is 16.3 Å². The number of sulfonamides is 1. The Hall–Kier alpha value is -2.39. The summed E-state index contributed by atoms with van der Waals surface area (Å²) in [6.45, 7) is 3.29. The molecule has 0 spiro atoms. The summed E-state index contributed by atoms with van der Waals surface area (Å²) in [5.74, 6) is 0.568. The Kier molecular flexibility index (Phi) is 8.26. The number of nitrogens with one attached hydrogen (secondary N) is 1. The summed E-state index contributed by atoms with van der Waals surface area (Å²) in [5.41, 5.74) is 4.21. The molecule has 1 N–H and O–H groups in total. The molecule has 0 radical (unpaired) electrons. The molecule has 0 aliphatic carbocycles. The third-order valence-corrected chi connectivity index (χ3v) is 8.21. The average molecular weight is 557 g/mol. The predicted molar refractivity (Wildman–Crippen MR) is 143 cm³/mol. The van der Waals surface area contributed by atoms with Crippen molar-refractivity contribution in [1.29, 1.82) is 0 Å². The number of nitrogens with zero attached hydrogens (tertiary/aromatic N) is 2. The van der Waals surface area contributed by atoms with Crippen LogP contribution in [-0.4, -0.2) is 30.3 Å². The molecule has 34 heavy (non-hydrogen) atoms. The number of hydrogen-bond acceptors (Lipinski definition) is 4. The van der Waals surface area contributed by atoms with Crippen molar-refractivity contribution in [2.24, 2.45) is 0 Å². The van der Waals surface area contributed by atoms with Crippen molar-refractivity contribution >= 4 is 37.7 Å². The number of rotatable bonds is 10. The standard InChI is InChI=1S/C26H26BrN3O2S2/c1-2-18-30-25(21-11-7-4-8-12-21)24(20-9-5-3-6-10-20)29-26(30)33-19-17-28-34(31,32)23-15-13-22(27)14-16-23/h3-16,28H,2,17-19H2,1H3. The van der Waals surface area contributed by atoms with Gasteiger partial charge >= 0.3 is 0 Å². The number of hydrogen-bond donors (Lipinski definition) is 1. The maximum atomic E-state index is 12.6. The first-order valence-electron chi connectivity index (χ1n) is 11.1. The van der Waals surface area contributed by atoms with Crippen LogP contribution >= 0.6 is 27.7 Å². The van der Waals surface area contributed by atoms with E-state index in [1.54, 1.807) is 36.0 Å². The van der Waals surface area contributed by atoms with Crippen molar-refractivity contribution < 1.29 is 8.42 Å². The molecule has 0 bridgehead atoms. The number of aromatic nitrogens is 2. The Morgan fingerprint density at radius 1 is 0.912 bits per heavy atom.